The van der Waals surface area contributed by atoms with E-state index in [4.69, 9.17) is 11.6 Å². The Morgan fingerprint density at radius 1 is 0.967 bits per heavy atom. The van der Waals surface area contributed by atoms with Gasteiger partial charge in [-0.15, -0.1) is 0 Å². The molecule has 3 aromatic rings. The van der Waals surface area contributed by atoms with Gasteiger partial charge in [0.1, 0.15) is 0 Å². The highest BCUT2D eigenvalue weighted by atomic mass is 35.5. The molecular formula is C24H21ClN2O2S. The highest BCUT2D eigenvalue weighted by molar-refractivity contribution is 7.92. The molecule has 0 bridgehead atoms. The summed E-state index contributed by atoms with van der Waals surface area (Å²) in [6.45, 7) is 0. The van der Waals surface area contributed by atoms with Gasteiger partial charge in [0.2, 0.25) is 0 Å². The molecule has 3 unspecified atom stereocenters. The molecule has 1 aliphatic carbocycles. The Morgan fingerprint density at radius 3 is 2.60 bits per heavy atom. The highest BCUT2D eigenvalue weighted by Crippen LogP contribution is 2.50. The summed E-state index contributed by atoms with van der Waals surface area (Å²) in [6, 6.07) is 22.3. The van der Waals surface area contributed by atoms with Crippen LogP contribution in [0.3, 0.4) is 0 Å². The number of allylic oxidation sites excluding steroid dienone is 2. The van der Waals surface area contributed by atoms with Crippen LogP contribution in [0.25, 0.3) is 0 Å². The van der Waals surface area contributed by atoms with E-state index in [0.29, 0.717) is 11.6 Å². The lowest BCUT2D eigenvalue weighted by molar-refractivity contribution is 0.425. The lowest BCUT2D eigenvalue weighted by Gasteiger charge is -2.37. The minimum absolute atomic E-state index is 0.126. The molecule has 1 aliphatic heterocycles. The van der Waals surface area contributed by atoms with Crippen LogP contribution in [0, 0.1) is 5.92 Å². The Balaban J connectivity index is 1.50. The van der Waals surface area contributed by atoms with Crippen molar-refractivity contribution in [2.24, 2.45) is 5.92 Å². The van der Waals surface area contributed by atoms with Crippen molar-refractivity contribution in [3.8, 4) is 0 Å². The second-order valence-electron chi connectivity index (χ2n) is 7.75. The van der Waals surface area contributed by atoms with Crippen molar-refractivity contribution in [3.63, 3.8) is 0 Å². The molecule has 2 aliphatic rings. The van der Waals surface area contributed by atoms with Gasteiger partial charge in [-0.05, 0) is 65.9 Å². The van der Waals surface area contributed by atoms with Crippen LogP contribution in [0.5, 0.6) is 0 Å². The van der Waals surface area contributed by atoms with Gasteiger partial charge in [-0.3, -0.25) is 4.72 Å². The van der Waals surface area contributed by atoms with E-state index in [2.05, 4.69) is 28.3 Å². The first kappa shape index (κ1) is 19.2. The van der Waals surface area contributed by atoms with Crippen molar-refractivity contribution in [2.45, 2.75) is 23.3 Å². The smallest absolute Gasteiger partial charge is 0.261 e. The van der Waals surface area contributed by atoms with E-state index in [9.17, 15) is 8.42 Å². The zero-order chi connectivity index (χ0) is 20.7. The van der Waals surface area contributed by atoms with Crippen LogP contribution in [0.2, 0.25) is 5.02 Å². The standard InChI is InChI=1S/C24H21ClN2O2S/c25-17-7-4-6-16(14-17)24-21-11-5-10-20(21)22-15-19(12-13-23(22)26-24)30(28,29)27-18-8-2-1-3-9-18/h1-10,12-15,20-21,24,26-27H,11H2. The largest absolute Gasteiger partial charge is 0.378 e. The number of benzene rings is 3. The van der Waals surface area contributed by atoms with Crippen molar-refractivity contribution in [2.75, 3.05) is 10.0 Å². The van der Waals surface area contributed by atoms with Crippen LogP contribution in [-0.2, 0) is 10.0 Å². The van der Waals surface area contributed by atoms with Gasteiger partial charge in [-0.2, -0.15) is 0 Å². The van der Waals surface area contributed by atoms with Gasteiger partial charge < -0.3 is 5.32 Å². The normalized spacial score (nSPS) is 22.1. The van der Waals surface area contributed by atoms with Crippen LogP contribution in [0.1, 0.15) is 29.5 Å². The number of rotatable bonds is 4. The first-order valence-electron chi connectivity index (χ1n) is 9.92. The summed E-state index contributed by atoms with van der Waals surface area (Å²) in [6.07, 6.45) is 5.32. The Labute approximate surface area is 181 Å². The molecule has 1 heterocycles. The topological polar surface area (TPSA) is 58.2 Å². The van der Waals surface area contributed by atoms with E-state index < -0.39 is 10.0 Å². The number of hydrogen-bond acceptors (Lipinski definition) is 3. The minimum Gasteiger partial charge on any atom is -0.378 e. The second kappa shape index (κ2) is 7.49. The maximum absolute atomic E-state index is 12.9. The lowest BCUT2D eigenvalue weighted by Crippen LogP contribution is -2.29. The fourth-order valence-electron chi connectivity index (χ4n) is 4.49. The number of halogens is 1. The highest BCUT2D eigenvalue weighted by Gasteiger charge is 2.38. The molecule has 0 spiro atoms. The van der Waals surface area contributed by atoms with Crippen molar-refractivity contribution in [3.05, 3.63) is 101 Å². The average molecular weight is 437 g/mol. The predicted octanol–water partition coefficient (Wildman–Crippen LogP) is 5.97. The molecule has 0 amide bonds. The number of nitrogens with one attached hydrogen (secondary N) is 2. The van der Waals surface area contributed by atoms with Gasteiger partial charge in [0.05, 0.1) is 10.9 Å². The Bertz CT molecular complexity index is 1220. The number of fused-ring (bicyclic) bond motifs is 3. The molecule has 6 heteroatoms. The first-order chi connectivity index (χ1) is 14.5. The summed E-state index contributed by atoms with van der Waals surface area (Å²) in [5.41, 5.74) is 3.68. The predicted molar refractivity (Wildman–Crippen MR) is 121 cm³/mol. The van der Waals surface area contributed by atoms with Gasteiger partial charge in [-0.25, -0.2) is 8.42 Å². The fourth-order valence-corrected chi connectivity index (χ4v) is 5.78. The van der Waals surface area contributed by atoms with Crippen LogP contribution in [-0.4, -0.2) is 8.42 Å². The lowest BCUT2D eigenvalue weighted by atomic mass is 9.77. The van der Waals surface area contributed by atoms with Crippen molar-refractivity contribution in [1.82, 2.24) is 0 Å². The molecule has 5 rings (SSSR count). The SMILES string of the molecule is O=S(=O)(Nc1ccccc1)c1ccc2c(c1)C1C=CCC1C(c1cccc(Cl)c1)N2. The molecule has 3 aromatic carbocycles. The maximum Gasteiger partial charge on any atom is 0.261 e. The summed E-state index contributed by atoms with van der Waals surface area (Å²) in [5.74, 6) is 0.480. The van der Waals surface area contributed by atoms with Crippen LogP contribution < -0.4 is 10.0 Å². The summed E-state index contributed by atoms with van der Waals surface area (Å²) in [5, 5.41) is 4.34. The zero-order valence-corrected chi connectivity index (χ0v) is 17.7. The van der Waals surface area contributed by atoms with E-state index in [1.165, 1.54) is 0 Å². The minimum atomic E-state index is -3.67. The number of hydrogen-bond donors (Lipinski definition) is 2. The Kier molecular flexibility index (Phi) is 4.80. The number of para-hydroxylation sites is 1. The van der Waals surface area contributed by atoms with E-state index in [-0.39, 0.29) is 16.9 Å². The van der Waals surface area contributed by atoms with E-state index in [0.717, 1.165) is 28.3 Å². The maximum atomic E-state index is 12.9. The van der Waals surface area contributed by atoms with Crippen molar-refractivity contribution < 1.29 is 8.42 Å². The van der Waals surface area contributed by atoms with Gasteiger partial charge in [0, 0.05) is 22.3 Å². The van der Waals surface area contributed by atoms with Crippen molar-refractivity contribution >= 4 is 33.0 Å². The van der Waals surface area contributed by atoms with Gasteiger partial charge in [-0.1, -0.05) is 54.1 Å². The van der Waals surface area contributed by atoms with Crippen molar-refractivity contribution in [1.29, 1.82) is 0 Å². The van der Waals surface area contributed by atoms with E-state index in [1.54, 1.807) is 36.4 Å². The number of anilines is 2. The molecule has 0 radical (unpaired) electrons. The average Bonchev–Trinajstić information content (AvgIpc) is 3.23. The van der Waals surface area contributed by atoms with Crippen LogP contribution in [0.15, 0.2) is 89.8 Å². The molecule has 0 fully saturated rings. The molecule has 30 heavy (non-hydrogen) atoms. The third kappa shape index (κ3) is 3.48. The number of sulfonamides is 1. The Morgan fingerprint density at radius 2 is 1.80 bits per heavy atom. The molecule has 0 aromatic heterocycles. The summed E-state index contributed by atoms with van der Waals surface area (Å²) in [4.78, 5) is 0.271. The molecular weight excluding hydrogens is 416 g/mol. The molecule has 0 saturated heterocycles. The van der Waals surface area contributed by atoms with Gasteiger partial charge in [0.15, 0.2) is 0 Å². The molecule has 3 atom stereocenters. The van der Waals surface area contributed by atoms with E-state index >= 15 is 0 Å². The van der Waals surface area contributed by atoms with Crippen LogP contribution >= 0.6 is 11.6 Å². The second-order valence-corrected chi connectivity index (χ2v) is 9.87. The quantitative estimate of drug-likeness (QED) is 0.495. The van der Waals surface area contributed by atoms with E-state index in [1.807, 2.05) is 30.3 Å². The summed E-state index contributed by atoms with van der Waals surface area (Å²) >= 11 is 6.23. The zero-order valence-electron chi connectivity index (χ0n) is 16.1. The van der Waals surface area contributed by atoms with Gasteiger partial charge >= 0.3 is 0 Å². The summed E-state index contributed by atoms with van der Waals surface area (Å²) in [7, 11) is -3.67. The molecule has 0 saturated carbocycles. The van der Waals surface area contributed by atoms with Crippen LogP contribution in [0.4, 0.5) is 11.4 Å². The third-order valence-corrected chi connectivity index (χ3v) is 7.49. The Hall–Kier alpha value is -2.76. The molecule has 2 N–H and O–H groups in total. The monoisotopic (exact) mass is 436 g/mol. The fraction of sp³-hybridized carbons (Fsp3) is 0.167. The first-order valence-corrected chi connectivity index (χ1v) is 11.8. The molecule has 4 nitrogen and oxygen atoms in total. The third-order valence-electron chi connectivity index (χ3n) is 5.88. The molecule has 152 valence electrons. The van der Waals surface area contributed by atoms with Gasteiger partial charge in [0.25, 0.3) is 10.0 Å². The summed E-state index contributed by atoms with van der Waals surface area (Å²) < 4.78 is 28.5.